The summed E-state index contributed by atoms with van der Waals surface area (Å²) in [5.41, 5.74) is 7.58. The Labute approximate surface area is 196 Å². The van der Waals surface area contributed by atoms with E-state index in [-0.39, 0.29) is 22.4 Å². The molecule has 31 heavy (non-hydrogen) atoms. The van der Waals surface area contributed by atoms with E-state index in [9.17, 15) is 0 Å². The maximum Gasteiger partial charge on any atom is 0.329 e. The summed E-state index contributed by atoms with van der Waals surface area (Å²) in [6.45, 7) is 12.5. The van der Waals surface area contributed by atoms with Crippen molar-refractivity contribution in [2.24, 2.45) is 0 Å². The van der Waals surface area contributed by atoms with Crippen LogP contribution in [0.5, 0.6) is 5.75 Å². The van der Waals surface area contributed by atoms with Gasteiger partial charge in [0.1, 0.15) is 24.5 Å². The predicted octanol–water partition coefficient (Wildman–Crippen LogP) is 2.77. The van der Waals surface area contributed by atoms with Crippen LogP contribution in [0.3, 0.4) is 0 Å². The first-order valence-corrected chi connectivity index (χ1v) is 10.6. The van der Waals surface area contributed by atoms with Crippen LogP contribution in [0.2, 0.25) is 0 Å². The van der Waals surface area contributed by atoms with Gasteiger partial charge in [-0.05, 0) is 34.2 Å². The third-order valence-corrected chi connectivity index (χ3v) is 5.87. The number of fused-ring (bicyclic) bond motifs is 1. The van der Waals surface area contributed by atoms with Gasteiger partial charge in [-0.25, -0.2) is 4.57 Å². The highest BCUT2D eigenvalue weighted by Gasteiger charge is 2.24. The van der Waals surface area contributed by atoms with Gasteiger partial charge in [0.05, 0.1) is 6.20 Å². The number of nitrogens with zero attached hydrogens (tertiary/aromatic N) is 2. The van der Waals surface area contributed by atoms with Crippen LogP contribution < -0.4 is 26.1 Å². The quantitative estimate of drug-likeness (QED) is 0.403. The monoisotopic (exact) mass is 478 g/mol. The summed E-state index contributed by atoms with van der Waals surface area (Å²) in [6.07, 6.45) is 2.12. The Hall–Kier alpha value is -2.59. The van der Waals surface area contributed by atoms with Crippen molar-refractivity contribution in [3.8, 4) is 5.75 Å². The van der Waals surface area contributed by atoms with E-state index in [0.29, 0.717) is 6.61 Å². The molecule has 0 atom stereocenters. The lowest BCUT2D eigenvalue weighted by molar-refractivity contribution is -0.519. The lowest BCUT2D eigenvalue weighted by Gasteiger charge is -2.19. The standard InChI is InChI=1S/C27H31N2O.BrH/c1-20-21(2)29(18-22-13-15-24(16-14-22)27(3,4)5)26-25(12-9-17-28(20)26)30-19-23-10-7-6-8-11-23;/h6-17H,18-19H2,1-5H3;1H/q+1;/p-1. The molecule has 0 unspecified atom stereocenters. The summed E-state index contributed by atoms with van der Waals surface area (Å²) >= 11 is 0. The van der Waals surface area contributed by atoms with Gasteiger partial charge in [0.25, 0.3) is 0 Å². The Morgan fingerprint density at radius 3 is 2.16 bits per heavy atom. The maximum atomic E-state index is 6.27. The van der Waals surface area contributed by atoms with Crippen molar-refractivity contribution in [2.45, 2.75) is 53.2 Å². The Balaban J connectivity index is 0.00000272. The molecule has 4 aromatic rings. The van der Waals surface area contributed by atoms with Crippen LogP contribution in [0, 0.1) is 13.8 Å². The maximum absolute atomic E-state index is 6.27. The first-order valence-electron chi connectivity index (χ1n) is 10.6. The molecule has 0 bridgehead atoms. The van der Waals surface area contributed by atoms with E-state index in [1.165, 1.54) is 28.1 Å². The average molecular weight is 479 g/mol. The molecule has 0 amide bonds. The minimum Gasteiger partial charge on any atom is -1.00 e. The Bertz CT molecular complexity index is 1160. The highest BCUT2D eigenvalue weighted by molar-refractivity contribution is 5.51. The fraction of sp³-hybridized carbons (Fsp3) is 0.296. The molecule has 2 aromatic carbocycles. The van der Waals surface area contributed by atoms with Gasteiger partial charge in [0, 0.05) is 13.8 Å². The largest absolute Gasteiger partial charge is 1.00 e. The molecule has 4 rings (SSSR count). The molecule has 0 aliphatic carbocycles. The number of hydrogen-bond acceptors (Lipinski definition) is 1. The predicted molar refractivity (Wildman–Crippen MR) is 122 cm³/mol. The van der Waals surface area contributed by atoms with E-state index < -0.39 is 0 Å². The van der Waals surface area contributed by atoms with Gasteiger partial charge < -0.3 is 21.7 Å². The lowest BCUT2D eigenvalue weighted by atomic mass is 9.87. The zero-order valence-electron chi connectivity index (χ0n) is 19.0. The van der Waals surface area contributed by atoms with Gasteiger partial charge in [-0.1, -0.05) is 75.4 Å². The van der Waals surface area contributed by atoms with E-state index in [4.69, 9.17) is 4.74 Å². The van der Waals surface area contributed by atoms with Crippen molar-refractivity contribution in [1.29, 1.82) is 0 Å². The number of benzene rings is 2. The molecule has 0 N–H and O–H groups in total. The van der Waals surface area contributed by atoms with Crippen molar-refractivity contribution in [3.05, 3.63) is 101 Å². The minimum atomic E-state index is 0. The number of aromatic nitrogens is 2. The molecule has 0 saturated heterocycles. The van der Waals surface area contributed by atoms with E-state index in [0.717, 1.165) is 17.9 Å². The summed E-state index contributed by atoms with van der Waals surface area (Å²) in [4.78, 5) is 0. The number of hydrogen-bond donors (Lipinski definition) is 0. The molecular formula is C27H31BrN2O. The SMILES string of the molecule is Cc1c(C)[n+]2cccc(OCc3ccccc3)c2n1Cc1ccc(C(C)(C)C)cc1.[Br-]. The van der Waals surface area contributed by atoms with Gasteiger partial charge in [0.2, 0.25) is 5.75 Å². The van der Waals surface area contributed by atoms with Crippen LogP contribution in [-0.2, 0) is 18.6 Å². The molecule has 2 aromatic heterocycles. The topological polar surface area (TPSA) is 18.3 Å². The van der Waals surface area contributed by atoms with Crippen molar-refractivity contribution in [3.63, 3.8) is 0 Å². The minimum absolute atomic E-state index is 0. The molecule has 3 nitrogen and oxygen atoms in total. The molecule has 2 heterocycles. The van der Waals surface area contributed by atoms with Crippen LogP contribution in [0.1, 0.15) is 48.8 Å². The molecule has 0 fully saturated rings. The fourth-order valence-corrected chi connectivity index (χ4v) is 3.88. The van der Waals surface area contributed by atoms with E-state index >= 15 is 0 Å². The second-order valence-corrected chi connectivity index (χ2v) is 9.04. The average Bonchev–Trinajstić information content (AvgIpc) is 2.98. The molecule has 4 heteroatoms. The van der Waals surface area contributed by atoms with Gasteiger partial charge in [-0.3, -0.25) is 0 Å². The molecular weight excluding hydrogens is 448 g/mol. The van der Waals surface area contributed by atoms with E-state index in [2.05, 4.69) is 98.3 Å². The second kappa shape index (κ2) is 9.27. The smallest absolute Gasteiger partial charge is 0.329 e. The van der Waals surface area contributed by atoms with Gasteiger partial charge >= 0.3 is 5.65 Å². The first-order chi connectivity index (χ1) is 14.3. The highest BCUT2D eigenvalue weighted by Crippen LogP contribution is 2.25. The summed E-state index contributed by atoms with van der Waals surface area (Å²) in [5.74, 6) is 0.906. The molecule has 0 saturated carbocycles. The van der Waals surface area contributed by atoms with Gasteiger partial charge in [-0.15, -0.1) is 0 Å². The Kier molecular flexibility index (Phi) is 6.90. The third-order valence-electron chi connectivity index (χ3n) is 5.87. The van der Waals surface area contributed by atoms with Crippen LogP contribution in [0.25, 0.3) is 5.65 Å². The molecule has 0 spiro atoms. The van der Waals surface area contributed by atoms with Crippen LogP contribution in [-0.4, -0.2) is 4.57 Å². The number of imidazole rings is 1. The van der Waals surface area contributed by atoms with Crippen molar-refractivity contribution < 1.29 is 26.1 Å². The van der Waals surface area contributed by atoms with E-state index in [1.54, 1.807) is 0 Å². The zero-order valence-corrected chi connectivity index (χ0v) is 20.6. The lowest BCUT2D eigenvalue weighted by Crippen LogP contribution is -3.00. The number of halogens is 1. The third kappa shape index (κ3) is 4.85. The Morgan fingerprint density at radius 1 is 0.839 bits per heavy atom. The van der Waals surface area contributed by atoms with Crippen LogP contribution in [0.4, 0.5) is 0 Å². The van der Waals surface area contributed by atoms with Crippen LogP contribution >= 0.6 is 0 Å². The summed E-state index contributed by atoms with van der Waals surface area (Å²) in [6, 6.07) is 23.4. The summed E-state index contributed by atoms with van der Waals surface area (Å²) in [5, 5.41) is 0. The van der Waals surface area contributed by atoms with Gasteiger partial charge in [0.15, 0.2) is 0 Å². The Morgan fingerprint density at radius 2 is 1.52 bits per heavy atom. The number of rotatable bonds is 5. The summed E-state index contributed by atoms with van der Waals surface area (Å²) in [7, 11) is 0. The zero-order chi connectivity index (χ0) is 21.3. The number of pyridine rings is 1. The molecule has 162 valence electrons. The number of aryl methyl sites for hydroxylation is 1. The van der Waals surface area contributed by atoms with Crippen molar-refractivity contribution >= 4 is 5.65 Å². The number of ether oxygens (including phenoxy) is 1. The molecule has 0 aliphatic rings. The fourth-order valence-electron chi connectivity index (χ4n) is 3.88. The molecule has 0 aliphatic heterocycles. The normalized spacial score (nSPS) is 11.4. The first kappa shape index (κ1) is 23.1. The van der Waals surface area contributed by atoms with Gasteiger partial charge in [-0.2, -0.15) is 4.40 Å². The van der Waals surface area contributed by atoms with E-state index in [1.807, 2.05) is 18.2 Å². The highest BCUT2D eigenvalue weighted by atomic mass is 79.9. The van der Waals surface area contributed by atoms with Crippen molar-refractivity contribution in [2.75, 3.05) is 0 Å². The summed E-state index contributed by atoms with van der Waals surface area (Å²) < 4.78 is 10.9. The van der Waals surface area contributed by atoms with Crippen molar-refractivity contribution in [1.82, 2.24) is 4.57 Å². The van der Waals surface area contributed by atoms with Crippen LogP contribution in [0.15, 0.2) is 72.9 Å². The molecule has 0 radical (unpaired) electrons. The second-order valence-electron chi connectivity index (χ2n) is 9.04.